The molecular weight excluding hydrogens is 208 g/mol. The number of benzene rings is 1. The van der Waals surface area contributed by atoms with Crippen LogP contribution >= 0.6 is 0 Å². The Kier molecular flexibility index (Phi) is 4.27. The molecule has 1 aromatic rings. The summed E-state index contributed by atoms with van der Waals surface area (Å²) in [6, 6.07) is 6.92. The van der Waals surface area contributed by atoms with E-state index in [0.717, 1.165) is 11.1 Å². The number of carbonyl (C=O) groups is 2. The van der Waals surface area contributed by atoms with Gasteiger partial charge in [-0.1, -0.05) is 24.3 Å². The fourth-order valence-corrected chi connectivity index (χ4v) is 1.15. The van der Waals surface area contributed by atoms with Gasteiger partial charge in [-0.05, 0) is 17.2 Å². The van der Waals surface area contributed by atoms with Crippen LogP contribution in [0.25, 0.3) is 6.08 Å². The van der Waals surface area contributed by atoms with Crippen molar-refractivity contribution in [2.45, 2.75) is 6.42 Å². The summed E-state index contributed by atoms with van der Waals surface area (Å²) in [4.78, 5) is 21.2. The van der Waals surface area contributed by atoms with Gasteiger partial charge in [-0.15, -0.1) is 0 Å². The zero-order chi connectivity index (χ0) is 12.0. The van der Waals surface area contributed by atoms with Crippen molar-refractivity contribution in [2.24, 2.45) is 0 Å². The van der Waals surface area contributed by atoms with E-state index in [9.17, 15) is 9.59 Å². The molecule has 0 saturated heterocycles. The molecule has 0 heterocycles. The topological polar surface area (TPSA) is 63.6 Å². The molecular formula is C12H12O4. The summed E-state index contributed by atoms with van der Waals surface area (Å²) in [5, 5.41) is 8.57. The lowest BCUT2D eigenvalue weighted by Gasteiger charge is -1.97. The fraction of sp³-hybridized carbons (Fsp3) is 0.167. The Balaban J connectivity index is 2.68. The van der Waals surface area contributed by atoms with E-state index in [-0.39, 0.29) is 6.42 Å². The number of carboxylic acid groups (broad SMARTS) is 1. The van der Waals surface area contributed by atoms with Gasteiger partial charge in [0.15, 0.2) is 0 Å². The van der Waals surface area contributed by atoms with Crippen molar-refractivity contribution in [3.63, 3.8) is 0 Å². The number of esters is 1. The van der Waals surface area contributed by atoms with E-state index in [1.165, 1.54) is 13.2 Å². The third kappa shape index (κ3) is 3.96. The third-order valence-electron chi connectivity index (χ3n) is 1.95. The average molecular weight is 220 g/mol. The lowest BCUT2D eigenvalue weighted by atomic mass is 10.1. The Hall–Kier alpha value is -2.10. The van der Waals surface area contributed by atoms with E-state index in [1.54, 1.807) is 30.3 Å². The van der Waals surface area contributed by atoms with E-state index >= 15 is 0 Å². The minimum Gasteiger partial charge on any atom is -0.481 e. The number of carbonyl (C=O) groups excluding carboxylic acids is 1. The predicted octanol–water partition coefficient (Wildman–Crippen LogP) is 1.50. The molecule has 0 aromatic heterocycles. The Bertz CT molecular complexity index is 404. The van der Waals surface area contributed by atoms with Crippen molar-refractivity contribution >= 4 is 18.0 Å². The zero-order valence-corrected chi connectivity index (χ0v) is 8.84. The van der Waals surface area contributed by atoms with Crippen LogP contribution < -0.4 is 0 Å². The van der Waals surface area contributed by atoms with Crippen LogP contribution in [0.5, 0.6) is 0 Å². The number of carboxylic acids is 1. The summed E-state index contributed by atoms with van der Waals surface area (Å²) < 4.78 is 4.44. The van der Waals surface area contributed by atoms with Gasteiger partial charge in [0.25, 0.3) is 0 Å². The first-order valence-corrected chi connectivity index (χ1v) is 4.68. The quantitative estimate of drug-likeness (QED) is 0.617. The van der Waals surface area contributed by atoms with E-state index in [1.807, 2.05) is 0 Å². The second-order valence-corrected chi connectivity index (χ2v) is 3.17. The van der Waals surface area contributed by atoms with E-state index < -0.39 is 11.9 Å². The smallest absolute Gasteiger partial charge is 0.330 e. The van der Waals surface area contributed by atoms with Crippen LogP contribution in [0.15, 0.2) is 30.3 Å². The maximum Gasteiger partial charge on any atom is 0.330 e. The van der Waals surface area contributed by atoms with Crippen LogP contribution in [0.2, 0.25) is 0 Å². The summed E-state index contributed by atoms with van der Waals surface area (Å²) in [7, 11) is 1.31. The summed E-state index contributed by atoms with van der Waals surface area (Å²) in [5.41, 5.74) is 1.54. The van der Waals surface area contributed by atoms with Gasteiger partial charge in [-0.3, -0.25) is 4.79 Å². The highest BCUT2D eigenvalue weighted by Gasteiger charge is 1.99. The van der Waals surface area contributed by atoms with Crippen molar-refractivity contribution in [3.8, 4) is 0 Å². The second-order valence-electron chi connectivity index (χ2n) is 3.17. The predicted molar refractivity (Wildman–Crippen MR) is 58.8 cm³/mol. The van der Waals surface area contributed by atoms with E-state index in [0.29, 0.717) is 0 Å². The SMILES string of the molecule is COC(=O)C=Cc1ccc(CC(=O)O)cc1. The molecule has 0 aliphatic carbocycles. The summed E-state index contributed by atoms with van der Waals surface area (Å²) in [6.45, 7) is 0. The first-order valence-electron chi connectivity index (χ1n) is 4.68. The molecule has 0 fully saturated rings. The van der Waals surface area contributed by atoms with Gasteiger partial charge in [0.1, 0.15) is 0 Å². The molecule has 16 heavy (non-hydrogen) atoms. The molecule has 0 bridgehead atoms. The molecule has 0 amide bonds. The Morgan fingerprint density at radius 3 is 2.44 bits per heavy atom. The molecule has 0 unspecified atom stereocenters. The van der Waals surface area contributed by atoms with Gasteiger partial charge in [0.2, 0.25) is 0 Å². The second kappa shape index (κ2) is 5.70. The van der Waals surface area contributed by atoms with Crippen LogP contribution in [0.4, 0.5) is 0 Å². The Morgan fingerprint density at radius 1 is 1.31 bits per heavy atom. The molecule has 1 rings (SSSR count). The van der Waals surface area contributed by atoms with Gasteiger partial charge in [-0.25, -0.2) is 4.79 Å². The van der Waals surface area contributed by atoms with Gasteiger partial charge in [0.05, 0.1) is 13.5 Å². The molecule has 0 radical (unpaired) electrons. The molecule has 4 heteroatoms. The van der Waals surface area contributed by atoms with Crippen molar-refractivity contribution in [2.75, 3.05) is 7.11 Å². The Labute approximate surface area is 93.2 Å². The highest BCUT2D eigenvalue weighted by Crippen LogP contribution is 2.07. The molecule has 1 N–H and O–H groups in total. The highest BCUT2D eigenvalue weighted by molar-refractivity contribution is 5.86. The van der Waals surface area contributed by atoms with Crippen molar-refractivity contribution in [1.82, 2.24) is 0 Å². The van der Waals surface area contributed by atoms with Crippen LogP contribution in [-0.4, -0.2) is 24.2 Å². The summed E-state index contributed by atoms with van der Waals surface area (Å²) >= 11 is 0. The number of ether oxygens (including phenoxy) is 1. The molecule has 84 valence electrons. The molecule has 0 aliphatic rings. The maximum atomic E-state index is 10.8. The van der Waals surface area contributed by atoms with Crippen LogP contribution in [0, 0.1) is 0 Å². The third-order valence-corrected chi connectivity index (χ3v) is 1.95. The normalized spacial score (nSPS) is 10.3. The highest BCUT2D eigenvalue weighted by atomic mass is 16.5. The van der Waals surface area contributed by atoms with Gasteiger partial charge >= 0.3 is 11.9 Å². The van der Waals surface area contributed by atoms with Crippen molar-refractivity contribution in [3.05, 3.63) is 41.5 Å². The molecule has 0 aliphatic heterocycles. The minimum absolute atomic E-state index is 0.000988. The van der Waals surface area contributed by atoms with Gasteiger partial charge in [0, 0.05) is 6.08 Å². The van der Waals surface area contributed by atoms with Crippen LogP contribution in [0.3, 0.4) is 0 Å². The number of hydrogen-bond acceptors (Lipinski definition) is 3. The van der Waals surface area contributed by atoms with E-state index in [4.69, 9.17) is 5.11 Å². The average Bonchev–Trinajstić information content (AvgIpc) is 2.27. The number of rotatable bonds is 4. The first-order chi connectivity index (χ1) is 7.61. The summed E-state index contributed by atoms with van der Waals surface area (Å²) in [5.74, 6) is -1.28. The zero-order valence-electron chi connectivity index (χ0n) is 8.84. The van der Waals surface area contributed by atoms with Crippen LogP contribution in [0.1, 0.15) is 11.1 Å². The molecule has 0 saturated carbocycles. The number of hydrogen-bond donors (Lipinski definition) is 1. The summed E-state index contributed by atoms with van der Waals surface area (Å²) in [6.07, 6.45) is 2.92. The molecule has 0 spiro atoms. The molecule has 4 nitrogen and oxygen atoms in total. The Morgan fingerprint density at radius 2 is 1.94 bits per heavy atom. The lowest BCUT2D eigenvalue weighted by Crippen LogP contribution is -1.99. The van der Waals surface area contributed by atoms with Crippen molar-refractivity contribution in [1.29, 1.82) is 0 Å². The standard InChI is InChI=1S/C12H12O4/c1-16-12(15)7-6-9-2-4-10(5-3-9)8-11(13)14/h2-7H,8H2,1H3,(H,13,14). The largest absolute Gasteiger partial charge is 0.481 e. The van der Waals surface area contributed by atoms with Crippen molar-refractivity contribution < 1.29 is 19.4 Å². The molecule has 1 aromatic carbocycles. The monoisotopic (exact) mass is 220 g/mol. The first kappa shape index (κ1) is 12.0. The maximum absolute atomic E-state index is 10.8. The lowest BCUT2D eigenvalue weighted by molar-refractivity contribution is -0.136. The molecule has 0 atom stereocenters. The number of aliphatic carboxylic acids is 1. The fourth-order valence-electron chi connectivity index (χ4n) is 1.15. The van der Waals surface area contributed by atoms with Gasteiger partial charge < -0.3 is 9.84 Å². The van der Waals surface area contributed by atoms with E-state index in [2.05, 4.69) is 4.74 Å². The minimum atomic E-state index is -0.863. The van der Waals surface area contributed by atoms with Gasteiger partial charge in [-0.2, -0.15) is 0 Å². The number of methoxy groups -OCH3 is 1. The van der Waals surface area contributed by atoms with Crippen LogP contribution in [-0.2, 0) is 20.7 Å².